The van der Waals surface area contributed by atoms with Crippen LogP contribution >= 0.6 is 7.82 Å². The van der Waals surface area contributed by atoms with Crippen molar-refractivity contribution in [3.8, 4) is 5.75 Å². The number of carbonyl (C=O) groups excluding carboxylic acids is 1. The molecule has 0 spiro atoms. The van der Waals surface area contributed by atoms with E-state index in [1.54, 1.807) is 18.2 Å². The molecule has 0 unspecified atom stereocenters. The predicted molar refractivity (Wildman–Crippen MR) is 94.6 cm³/mol. The van der Waals surface area contributed by atoms with Gasteiger partial charge in [-0.05, 0) is 36.8 Å². The first-order valence-corrected chi connectivity index (χ1v) is 9.47. The first-order chi connectivity index (χ1) is 13.2. The second kappa shape index (κ2) is 9.29. The molecule has 0 radical (unpaired) electrons. The van der Waals surface area contributed by atoms with Crippen molar-refractivity contribution in [2.75, 3.05) is 6.61 Å². The molecule has 2 aromatic carbocycles. The standard InChI is InChI=1S/C18H16N2O3.H3O4P/c1-2-23-13-9-6-12(7-10-13)8-11-16-19-15-5-3-4-14(18(21)22)17(15)20-16;1-5(2,3)4/h3-11H,2H2,1H3,(H,19,20)(H,21,22);(H3,1,2,3,4)/p-4/b11-8+;. The molecule has 0 fully saturated rings. The van der Waals surface area contributed by atoms with E-state index in [0.717, 1.165) is 11.3 Å². The van der Waals surface area contributed by atoms with Gasteiger partial charge < -0.3 is 38.9 Å². The monoisotopic (exact) mass is 402 g/mol. The van der Waals surface area contributed by atoms with Gasteiger partial charge in [-0.25, -0.2) is 4.98 Å². The van der Waals surface area contributed by atoms with E-state index < -0.39 is 13.8 Å². The molecule has 1 aromatic heterocycles. The highest BCUT2D eigenvalue weighted by molar-refractivity contribution is 7.40. The average molecular weight is 402 g/mol. The van der Waals surface area contributed by atoms with Crippen LogP contribution in [0.15, 0.2) is 42.5 Å². The summed E-state index contributed by atoms with van der Waals surface area (Å²) >= 11 is 0. The number of phosphoric acid groups is 1. The summed E-state index contributed by atoms with van der Waals surface area (Å²) in [6.07, 6.45) is 3.70. The zero-order valence-corrected chi connectivity index (χ0v) is 15.5. The van der Waals surface area contributed by atoms with Crippen molar-refractivity contribution in [1.29, 1.82) is 0 Å². The number of H-pyrrole nitrogens is 1. The molecule has 0 atom stereocenters. The number of imidazole rings is 1. The van der Waals surface area contributed by atoms with Crippen LogP contribution in [0.4, 0.5) is 0 Å². The number of aromatic nitrogens is 2. The Morgan fingerprint density at radius 2 is 1.79 bits per heavy atom. The Morgan fingerprint density at radius 3 is 2.36 bits per heavy atom. The Balaban J connectivity index is 0.000000500. The molecule has 0 aliphatic rings. The number of nitrogens with one attached hydrogen (secondary N) is 1. The Hall–Kier alpha value is -2.97. The third-order valence-corrected chi connectivity index (χ3v) is 3.38. The second-order valence-electron chi connectivity index (χ2n) is 5.39. The van der Waals surface area contributed by atoms with E-state index in [2.05, 4.69) is 9.97 Å². The van der Waals surface area contributed by atoms with Gasteiger partial charge in [-0.1, -0.05) is 30.3 Å². The minimum atomic E-state index is -5.39. The van der Waals surface area contributed by atoms with Gasteiger partial charge in [0.25, 0.3) is 0 Å². The summed E-state index contributed by atoms with van der Waals surface area (Å²) in [4.78, 5) is 44.1. The Kier molecular flexibility index (Phi) is 7.08. The molecule has 1 heterocycles. The molecule has 0 aliphatic heterocycles. The van der Waals surface area contributed by atoms with Crippen molar-refractivity contribution in [1.82, 2.24) is 9.97 Å². The normalized spacial score (nSPS) is 11.3. The van der Waals surface area contributed by atoms with Crippen molar-refractivity contribution in [3.63, 3.8) is 0 Å². The summed E-state index contributed by atoms with van der Waals surface area (Å²) in [5.41, 5.74) is 2.14. The van der Waals surface area contributed by atoms with E-state index >= 15 is 0 Å². The van der Waals surface area contributed by atoms with Crippen LogP contribution in [0.5, 0.6) is 5.75 Å². The van der Waals surface area contributed by atoms with Crippen molar-refractivity contribution >= 4 is 37.0 Å². The topological polar surface area (TPSA) is 164 Å². The minimum absolute atomic E-state index is 0.0828. The van der Waals surface area contributed by atoms with Gasteiger partial charge in [-0.3, -0.25) is 0 Å². The summed E-state index contributed by atoms with van der Waals surface area (Å²) in [6.45, 7) is 2.57. The lowest BCUT2D eigenvalue weighted by Crippen LogP contribution is -2.24. The van der Waals surface area contributed by atoms with Gasteiger partial charge in [0.1, 0.15) is 11.6 Å². The van der Waals surface area contributed by atoms with Crippen LogP contribution in [0.25, 0.3) is 23.2 Å². The predicted octanol–water partition coefficient (Wildman–Crippen LogP) is -0.329. The zero-order chi connectivity index (χ0) is 20.7. The summed E-state index contributed by atoms with van der Waals surface area (Å²) in [7, 11) is -5.39. The molecule has 3 rings (SSSR count). The van der Waals surface area contributed by atoms with Crippen molar-refractivity contribution in [2.45, 2.75) is 6.92 Å². The van der Waals surface area contributed by atoms with Gasteiger partial charge in [-0.2, -0.15) is 7.82 Å². The number of benzene rings is 2. The first-order valence-electron chi connectivity index (χ1n) is 8.01. The third-order valence-electron chi connectivity index (χ3n) is 3.38. The molecule has 0 amide bonds. The van der Waals surface area contributed by atoms with Crippen LogP contribution in [-0.4, -0.2) is 22.5 Å². The lowest BCUT2D eigenvalue weighted by molar-refractivity contribution is -0.432. The fraction of sp³-hybridized carbons (Fsp3) is 0.111. The lowest BCUT2D eigenvalue weighted by Gasteiger charge is -2.36. The van der Waals surface area contributed by atoms with Crippen LogP contribution < -0.4 is 24.5 Å². The smallest absolute Gasteiger partial charge is 0.131 e. The number of aromatic amines is 1. The molecule has 1 N–H and O–H groups in total. The molecule has 0 bridgehead atoms. The number of hydrogen-bond donors (Lipinski definition) is 1. The molecule has 0 saturated carbocycles. The summed E-state index contributed by atoms with van der Waals surface area (Å²) in [5, 5.41) is 11.1. The number of para-hydroxylation sites is 1. The van der Waals surface area contributed by atoms with E-state index in [-0.39, 0.29) is 5.56 Å². The number of carbonyl (C=O) groups is 1. The van der Waals surface area contributed by atoms with Gasteiger partial charge in [-0.15, -0.1) is 0 Å². The molecule has 3 aromatic rings. The Bertz CT molecular complexity index is 1010. The maximum absolute atomic E-state index is 11.1. The maximum Gasteiger partial charge on any atom is 0.131 e. The molecule has 0 aliphatic carbocycles. The number of carboxylic acid groups (broad SMARTS) is 1. The highest BCUT2D eigenvalue weighted by atomic mass is 31.2. The van der Waals surface area contributed by atoms with E-state index in [4.69, 9.17) is 24.0 Å². The summed E-state index contributed by atoms with van der Waals surface area (Å²) in [5.74, 6) is 0.179. The largest absolute Gasteiger partial charge is 0.822 e. The fourth-order valence-corrected chi connectivity index (χ4v) is 2.31. The molecule has 9 nitrogen and oxygen atoms in total. The van der Waals surface area contributed by atoms with Crippen LogP contribution in [0.2, 0.25) is 0 Å². The van der Waals surface area contributed by atoms with Gasteiger partial charge in [0.05, 0.1) is 23.6 Å². The number of rotatable bonds is 5. The first kappa shape index (κ1) is 21.3. The van der Waals surface area contributed by atoms with E-state index in [9.17, 15) is 9.90 Å². The van der Waals surface area contributed by atoms with E-state index in [1.807, 2.05) is 37.3 Å². The van der Waals surface area contributed by atoms with Crippen molar-refractivity contribution in [3.05, 3.63) is 59.4 Å². The molecule has 0 saturated heterocycles. The lowest BCUT2D eigenvalue weighted by atomic mass is 10.2. The van der Waals surface area contributed by atoms with Crippen LogP contribution in [0, 0.1) is 0 Å². The van der Waals surface area contributed by atoms with Crippen LogP contribution in [0.1, 0.15) is 28.7 Å². The number of ether oxygens (including phenoxy) is 1. The molecular weight excluding hydrogens is 387 g/mol. The molecule has 148 valence electrons. The van der Waals surface area contributed by atoms with Crippen molar-refractivity contribution in [2.24, 2.45) is 0 Å². The average Bonchev–Trinajstić information content (AvgIpc) is 3.02. The molecule has 10 heteroatoms. The van der Waals surface area contributed by atoms with Crippen molar-refractivity contribution < 1.29 is 33.9 Å². The van der Waals surface area contributed by atoms with Crippen LogP contribution in [0.3, 0.4) is 0 Å². The van der Waals surface area contributed by atoms with E-state index in [0.29, 0.717) is 23.5 Å². The van der Waals surface area contributed by atoms with Gasteiger partial charge in [0, 0.05) is 5.56 Å². The number of hydrogen-bond acceptors (Lipinski definition) is 8. The number of aromatic carboxylic acids is 1. The molecular formula is C18H15N2O7P-4. The summed E-state index contributed by atoms with van der Waals surface area (Å²) < 4.78 is 13.9. The van der Waals surface area contributed by atoms with Gasteiger partial charge >= 0.3 is 0 Å². The number of nitrogens with zero attached hydrogens (tertiary/aromatic N) is 1. The number of carboxylic acids is 1. The Morgan fingerprint density at radius 1 is 1.14 bits per heavy atom. The SMILES string of the molecule is CCOc1ccc(/C=C/c2nc3c(C(=O)[O-])cccc3[nH]2)cc1.O=P([O-])([O-])[O-]. The van der Waals surface area contributed by atoms with Gasteiger partial charge in [0.2, 0.25) is 0 Å². The third kappa shape index (κ3) is 6.64. The van der Waals surface area contributed by atoms with Crippen LogP contribution in [-0.2, 0) is 4.57 Å². The zero-order valence-electron chi connectivity index (χ0n) is 14.7. The Labute approximate surface area is 160 Å². The highest BCUT2D eigenvalue weighted by Crippen LogP contribution is 2.18. The minimum Gasteiger partial charge on any atom is -0.822 e. The maximum atomic E-state index is 11.1. The van der Waals surface area contributed by atoms with E-state index in [1.165, 1.54) is 6.07 Å². The molecule has 28 heavy (non-hydrogen) atoms. The second-order valence-corrected chi connectivity index (χ2v) is 6.29. The van der Waals surface area contributed by atoms with Gasteiger partial charge in [0.15, 0.2) is 0 Å². The fourth-order valence-electron chi connectivity index (χ4n) is 2.31. The summed E-state index contributed by atoms with van der Waals surface area (Å²) in [6, 6.07) is 12.6. The number of fused-ring (bicyclic) bond motifs is 1. The highest BCUT2D eigenvalue weighted by Gasteiger charge is 2.06. The quantitative estimate of drug-likeness (QED) is 0.567.